The van der Waals surface area contributed by atoms with Crippen molar-refractivity contribution in [1.82, 2.24) is 0 Å². The fourth-order valence-corrected chi connectivity index (χ4v) is 5.47. The van der Waals surface area contributed by atoms with E-state index in [4.69, 9.17) is 9.47 Å². The Morgan fingerprint density at radius 3 is 2.81 bits per heavy atom. The van der Waals surface area contributed by atoms with E-state index < -0.39 is 0 Å². The first-order valence-corrected chi connectivity index (χ1v) is 9.46. The summed E-state index contributed by atoms with van der Waals surface area (Å²) in [6, 6.07) is 7.66. The summed E-state index contributed by atoms with van der Waals surface area (Å²) in [5, 5.41) is 2.00. The molecule has 4 rings (SSSR count). The number of fused-ring (bicyclic) bond motifs is 5. The molecule has 2 aromatic rings. The van der Waals surface area contributed by atoms with Gasteiger partial charge in [-0.05, 0) is 72.1 Å². The van der Waals surface area contributed by atoms with Gasteiger partial charge in [0.1, 0.15) is 6.10 Å². The highest BCUT2D eigenvalue weighted by Crippen LogP contribution is 2.59. The highest BCUT2D eigenvalue weighted by Gasteiger charge is 2.53. The van der Waals surface area contributed by atoms with Gasteiger partial charge in [0.15, 0.2) is 11.6 Å². The fraction of sp³-hybridized carbons (Fsp3) is 0.500. The molecule has 4 heteroatoms. The van der Waals surface area contributed by atoms with E-state index in [9.17, 15) is 9.18 Å². The zero-order chi connectivity index (χ0) is 18.5. The van der Waals surface area contributed by atoms with E-state index in [1.165, 1.54) is 25.2 Å². The molecule has 2 aromatic carbocycles. The van der Waals surface area contributed by atoms with Crippen molar-refractivity contribution in [2.75, 3.05) is 7.11 Å². The van der Waals surface area contributed by atoms with Crippen LogP contribution in [0.1, 0.15) is 56.6 Å². The SMILES string of the molecule is CC[C@]12CCc3c(ccc4cc(OC)c(F)cc34)[C@@H]1CC[C@@H]2OC(C)=O. The van der Waals surface area contributed by atoms with Gasteiger partial charge in [-0.3, -0.25) is 4.79 Å². The number of esters is 1. The number of hydrogen-bond acceptors (Lipinski definition) is 3. The molecule has 0 saturated heterocycles. The molecule has 2 aliphatic rings. The van der Waals surface area contributed by atoms with Crippen LogP contribution in [0.5, 0.6) is 5.75 Å². The van der Waals surface area contributed by atoms with Gasteiger partial charge in [-0.15, -0.1) is 0 Å². The summed E-state index contributed by atoms with van der Waals surface area (Å²) in [5.41, 5.74) is 2.57. The van der Waals surface area contributed by atoms with Crippen molar-refractivity contribution in [3.05, 3.63) is 41.2 Å². The van der Waals surface area contributed by atoms with E-state index in [1.54, 1.807) is 12.1 Å². The molecule has 0 radical (unpaired) electrons. The average molecular weight is 356 g/mol. The van der Waals surface area contributed by atoms with Gasteiger partial charge in [-0.1, -0.05) is 19.1 Å². The molecule has 0 bridgehead atoms. The van der Waals surface area contributed by atoms with Crippen LogP contribution in [0.4, 0.5) is 4.39 Å². The highest BCUT2D eigenvalue weighted by atomic mass is 19.1. The van der Waals surface area contributed by atoms with E-state index in [0.717, 1.165) is 42.9 Å². The van der Waals surface area contributed by atoms with Gasteiger partial charge >= 0.3 is 5.97 Å². The predicted octanol–water partition coefficient (Wildman–Crippen LogP) is 5.14. The second-order valence-corrected chi connectivity index (χ2v) is 7.66. The zero-order valence-electron chi connectivity index (χ0n) is 15.6. The van der Waals surface area contributed by atoms with E-state index in [-0.39, 0.29) is 29.1 Å². The first kappa shape index (κ1) is 17.3. The van der Waals surface area contributed by atoms with Crippen molar-refractivity contribution in [2.45, 2.75) is 58.0 Å². The van der Waals surface area contributed by atoms with Gasteiger partial charge in [0.05, 0.1) is 7.11 Å². The third-order valence-electron chi connectivity index (χ3n) is 6.68. The normalized spacial score (nSPS) is 27.1. The smallest absolute Gasteiger partial charge is 0.302 e. The molecule has 1 fully saturated rings. The number of ether oxygens (including phenoxy) is 2. The third-order valence-corrected chi connectivity index (χ3v) is 6.68. The molecule has 3 nitrogen and oxygen atoms in total. The molecule has 0 heterocycles. The molecule has 2 aliphatic carbocycles. The number of carbonyl (C=O) groups excluding carboxylic acids is 1. The van der Waals surface area contributed by atoms with Gasteiger partial charge < -0.3 is 9.47 Å². The van der Waals surface area contributed by atoms with Crippen molar-refractivity contribution >= 4 is 16.7 Å². The van der Waals surface area contributed by atoms with Crippen LogP contribution in [0.3, 0.4) is 0 Å². The van der Waals surface area contributed by atoms with Crippen molar-refractivity contribution in [1.29, 1.82) is 0 Å². The molecular weight excluding hydrogens is 331 g/mol. The molecule has 0 N–H and O–H groups in total. The second-order valence-electron chi connectivity index (χ2n) is 7.66. The molecule has 1 saturated carbocycles. The van der Waals surface area contributed by atoms with Crippen molar-refractivity contribution in [3.8, 4) is 5.75 Å². The third kappa shape index (κ3) is 2.42. The van der Waals surface area contributed by atoms with E-state index in [0.29, 0.717) is 5.92 Å². The van der Waals surface area contributed by atoms with Crippen molar-refractivity contribution < 1.29 is 18.7 Å². The molecule has 3 atom stereocenters. The summed E-state index contributed by atoms with van der Waals surface area (Å²) in [6.07, 6.45) is 4.78. The number of benzene rings is 2. The fourth-order valence-electron chi connectivity index (χ4n) is 5.47. The number of halogens is 1. The van der Waals surface area contributed by atoms with Crippen LogP contribution < -0.4 is 4.74 Å². The van der Waals surface area contributed by atoms with Crippen LogP contribution in [-0.4, -0.2) is 19.2 Å². The molecular formula is C22H25FO3. The summed E-state index contributed by atoms with van der Waals surface area (Å²) in [6.45, 7) is 3.70. The number of hydrogen-bond donors (Lipinski definition) is 0. The lowest BCUT2D eigenvalue weighted by molar-refractivity contribution is -0.153. The molecule has 138 valence electrons. The standard InChI is InChI=1S/C22H25FO3/c1-4-22-10-9-15-16(18(22)7-8-21(22)26-13(2)24)6-5-14-11-20(25-3)19(23)12-17(14)15/h5-6,11-12,18,21H,4,7-10H2,1-3H3/t18-,21-,22-/m0/s1. The van der Waals surface area contributed by atoms with E-state index >= 15 is 0 Å². The molecule has 0 unspecified atom stereocenters. The summed E-state index contributed by atoms with van der Waals surface area (Å²) in [4.78, 5) is 11.6. The molecule has 0 aliphatic heterocycles. The summed E-state index contributed by atoms with van der Waals surface area (Å²) < 4.78 is 25.2. The second kappa shape index (κ2) is 6.26. The highest BCUT2D eigenvalue weighted by molar-refractivity contribution is 5.88. The van der Waals surface area contributed by atoms with Crippen LogP contribution in [0.15, 0.2) is 24.3 Å². The zero-order valence-corrected chi connectivity index (χ0v) is 15.6. The predicted molar refractivity (Wildman–Crippen MR) is 99.0 cm³/mol. The maximum atomic E-state index is 14.3. The summed E-state index contributed by atoms with van der Waals surface area (Å²) in [5.74, 6) is 0.147. The first-order chi connectivity index (χ1) is 12.5. The monoisotopic (exact) mass is 356 g/mol. The Balaban J connectivity index is 1.82. The van der Waals surface area contributed by atoms with Gasteiger partial charge in [0, 0.05) is 12.3 Å². The Morgan fingerprint density at radius 2 is 2.12 bits per heavy atom. The van der Waals surface area contributed by atoms with Gasteiger partial charge in [-0.25, -0.2) is 4.39 Å². The number of methoxy groups -OCH3 is 1. The number of aryl methyl sites for hydroxylation is 1. The number of rotatable bonds is 3. The van der Waals surface area contributed by atoms with Crippen LogP contribution >= 0.6 is 0 Å². The van der Waals surface area contributed by atoms with Crippen LogP contribution in [-0.2, 0) is 16.0 Å². The number of carbonyl (C=O) groups is 1. The van der Waals surface area contributed by atoms with E-state index in [2.05, 4.69) is 19.1 Å². The van der Waals surface area contributed by atoms with Crippen molar-refractivity contribution in [3.63, 3.8) is 0 Å². The minimum Gasteiger partial charge on any atom is -0.494 e. The Hall–Kier alpha value is -2.10. The minimum absolute atomic E-state index is 0.00792. The largest absolute Gasteiger partial charge is 0.494 e. The maximum absolute atomic E-state index is 14.3. The first-order valence-electron chi connectivity index (χ1n) is 9.46. The minimum atomic E-state index is -0.315. The van der Waals surface area contributed by atoms with Gasteiger partial charge in [-0.2, -0.15) is 0 Å². The lowest BCUT2D eigenvalue weighted by Gasteiger charge is -2.43. The quantitative estimate of drug-likeness (QED) is 0.715. The van der Waals surface area contributed by atoms with Gasteiger partial charge in [0.2, 0.25) is 0 Å². The van der Waals surface area contributed by atoms with Crippen LogP contribution in [0.2, 0.25) is 0 Å². The summed E-state index contributed by atoms with van der Waals surface area (Å²) >= 11 is 0. The Bertz CT molecular complexity index is 875. The van der Waals surface area contributed by atoms with E-state index in [1.807, 2.05) is 0 Å². The Labute approximate surface area is 153 Å². The molecule has 0 aromatic heterocycles. The lowest BCUT2D eigenvalue weighted by atomic mass is 9.63. The molecule has 26 heavy (non-hydrogen) atoms. The van der Waals surface area contributed by atoms with Crippen LogP contribution in [0.25, 0.3) is 10.8 Å². The lowest BCUT2D eigenvalue weighted by Crippen LogP contribution is -2.40. The Kier molecular flexibility index (Phi) is 4.17. The van der Waals surface area contributed by atoms with Crippen molar-refractivity contribution in [2.24, 2.45) is 5.41 Å². The average Bonchev–Trinajstić information content (AvgIpc) is 2.99. The topological polar surface area (TPSA) is 35.5 Å². The molecule has 0 amide bonds. The molecule has 0 spiro atoms. The van der Waals surface area contributed by atoms with Crippen LogP contribution in [0, 0.1) is 11.2 Å². The van der Waals surface area contributed by atoms with Gasteiger partial charge in [0.25, 0.3) is 0 Å². The Morgan fingerprint density at radius 1 is 1.31 bits per heavy atom. The maximum Gasteiger partial charge on any atom is 0.302 e. The summed E-state index contributed by atoms with van der Waals surface area (Å²) in [7, 11) is 1.49.